The number of hydrogen-bond acceptors (Lipinski definition) is 10. The van der Waals surface area contributed by atoms with Gasteiger partial charge in [-0.15, -0.1) is 0 Å². The third-order valence-corrected chi connectivity index (χ3v) is 8.91. The van der Waals surface area contributed by atoms with Crippen LogP contribution in [0.25, 0.3) is 11.1 Å². The zero-order valence-corrected chi connectivity index (χ0v) is 24.9. The van der Waals surface area contributed by atoms with Gasteiger partial charge in [-0.05, 0) is 81.8 Å². The second kappa shape index (κ2) is 11.2. The van der Waals surface area contributed by atoms with Gasteiger partial charge in [0.2, 0.25) is 5.78 Å². The Labute approximate surface area is 254 Å². The number of hydrogen-bond donors (Lipinski definition) is 6. The van der Waals surface area contributed by atoms with E-state index in [4.69, 9.17) is 5.73 Å². The molecule has 2 amide bonds. The first-order chi connectivity index (χ1) is 20.7. The smallest absolute Gasteiger partial charge is 0.255 e. The van der Waals surface area contributed by atoms with Gasteiger partial charge in [0.25, 0.3) is 11.8 Å². The first-order valence-corrected chi connectivity index (χ1v) is 14.2. The molecule has 0 bridgehead atoms. The van der Waals surface area contributed by atoms with Crippen molar-refractivity contribution in [3.63, 3.8) is 0 Å². The molecule has 2 aromatic rings. The van der Waals surface area contributed by atoms with Crippen LogP contribution in [-0.4, -0.2) is 107 Å². The van der Waals surface area contributed by atoms with Crippen molar-refractivity contribution < 1.29 is 39.6 Å². The van der Waals surface area contributed by atoms with E-state index in [9.17, 15) is 39.6 Å². The number of allylic oxidation sites excluding steroid dienone is 1. The van der Waals surface area contributed by atoms with Crippen molar-refractivity contribution in [2.45, 2.75) is 24.5 Å². The third-order valence-electron chi connectivity index (χ3n) is 8.91. The number of carbonyl (C=O) groups is 4. The lowest BCUT2D eigenvalue weighted by molar-refractivity contribution is -0.148. The summed E-state index contributed by atoms with van der Waals surface area (Å²) in [4.78, 5) is 55.6. The quantitative estimate of drug-likeness (QED) is 0.249. The zero-order valence-electron chi connectivity index (χ0n) is 24.9. The Kier molecular flexibility index (Phi) is 7.87. The summed E-state index contributed by atoms with van der Waals surface area (Å²) >= 11 is 0. The lowest BCUT2D eigenvalue weighted by Crippen LogP contribution is -2.63. The monoisotopic (exact) mass is 604 g/mol. The highest BCUT2D eigenvalue weighted by Crippen LogP contribution is 2.53. The molecule has 5 rings (SSSR count). The van der Waals surface area contributed by atoms with Crippen molar-refractivity contribution in [3.05, 3.63) is 75.8 Å². The summed E-state index contributed by atoms with van der Waals surface area (Å²) in [6.07, 6.45) is 0.151. The minimum atomic E-state index is -2.69. The molecule has 0 heterocycles. The summed E-state index contributed by atoms with van der Waals surface area (Å²) in [5.41, 5.74) is 3.83. The van der Waals surface area contributed by atoms with Gasteiger partial charge in [-0.2, -0.15) is 0 Å². The lowest BCUT2D eigenvalue weighted by atomic mass is 9.58. The second-order valence-electron chi connectivity index (χ2n) is 12.1. The fraction of sp³-hybridized carbons (Fsp3) is 0.375. The first kappa shape index (κ1) is 30.9. The van der Waals surface area contributed by atoms with Crippen molar-refractivity contribution in [1.82, 2.24) is 15.1 Å². The predicted octanol–water partition coefficient (Wildman–Crippen LogP) is 1.08. The summed E-state index contributed by atoms with van der Waals surface area (Å²) in [5, 5.41) is 47.8. The summed E-state index contributed by atoms with van der Waals surface area (Å²) in [5.74, 6) is -7.21. The fourth-order valence-electron chi connectivity index (χ4n) is 6.82. The van der Waals surface area contributed by atoms with Crippen LogP contribution in [0.5, 0.6) is 5.75 Å². The van der Waals surface area contributed by atoms with Crippen LogP contribution in [0.3, 0.4) is 0 Å². The fourth-order valence-corrected chi connectivity index (χ4v) is 6.82. The molecular weight excluding hydrogens is 568 g/mol. The second-order valence-corrected chi connectivity index (χ2v) is 12.1. The SMILES string of the molecule is CN(C)CCNC(=O)c1ccc(-c2ccc(O)c3c2C[C@@H]2C[C@H]4[C@@H](N(C)C)C(O)=C(C(N)=O)C(=O)[C@@]4(O)C(O)=C2C3=O)cc1. The topological polar surface area (TPSA) is 194 Å². The number of nitrogens with two attached hydrogens (primary N) is 1. The number of rotatable bonds is 7. The van der Waals surface area contributed by atoms with E-state index in [-0.39, 0.29) is 35.6 Å². The third kappa shape index (κ3) is 4.75. The highest BCUT2D eigenvalue weighted by molar-refractivity contribution is 6.25. The molecular formula is C32H36N4O8. The average Bonchev–Trinajstić information content (AvgIpc) is 2.94. The molecule has 12 heteroatoms. The lowest BCUT2D eigenvalue weighted by Gasteiger charge is -2.50. The Morgan fingerprint density at radius 2 is 1.68 bits per heavy atom. The molecule has 0 fully saturated rings. The van der Waals surface area contributed by atoms with Crippen LogP contribution in [0.1, 0.15) is 32.7 Å². The minimum absolute atomic E-state index is 0.00703. The van der Waals surface area contributed by atoms with Crippen molar-refractivity contribution in [2.24, 2.45) is 17.6 Å². The normalized spacial score (nSPS) is 24.8. The summed E-state index contributed by atoms with van der Waals surface area (Å²) in [7, 11) is 6.98. The maximum atomic E-state index is 14.0. The molecule has 3 aliphatic rings. The van der Waals surface area contributed by atoms with Gasteiger partial charge in [0.1, 0.15) is 22.8 Å². The zero-order chi connectivity index (χ0) is 32.2. The number of aliphatic hydroxyl groups excluding tert-OH is 2. The number of nitrogens with one attached hydrogen (secondary N) is 1. The average molecular weight is 605 g/mol. The highest BCUT2D eigenvalue weighted by atomic mass is 16.3. The molecule has 0 radical (unpaired) electrons. The number of carbonyl (C=O) groups excluding carboxylic acids is 4. The Bertz CT molecular complexity index is 1640. The van der Waals surface area contributed by atoms with Gasteiger partial charge >= 0.3 is 0 Å². The van der Waals surface area contributed by atoms with Gasteiger partial charge in [-0.3, -0.25) is 24.1 Å². The number of phenols is 1. The van der Waals surface area contributed by atoms with E-state index in [1.807, 2.05) is 19.0 Å². The number of fused-ring (bicyclic) bond motifs is 3. The number of aliphatic hydroxyl groups is 3. The molecule has 0 spiro atoms. The molecule has 0 saturated carbocycles. The molecule has 0 saturated heterocycles. The highest BCUT2D eigenvalue weighted by Gasteiger charge is 2.63. The molecule has 2 aromatic carbocycles. The van der Waals surface area contributed by atoms with Crippen LogP contribution >= 0.6 is 0 Å². The Morgan fingerprint density at radius 3 is 2.27 bits per heavy atom. The molecule has 3 aliphatic carbocycles. The van der Waals surface area contributed by atoms with Crippen LogP contribution in [0.15, 0.2) is 59.1 Å². The Morgan fingerprint density at radius 1 is 1.02 bits per heavy atom. The molecule has 0 aromatic heterocycles. The van der Waals surface area contributed by atoms with Gasteiger partial charge in [-0.1, -0.05) is 18.2 Å². The molecule has 12 nitrogen and oxygen atoms in total. The number of ketones is 2. The van der Waals surface area contributed by atoms with E-state index in [0.717, 1.165) is 0 Å². The van der Waals surface area contributed by atoms with Crippen molar-refractivity contribution >= 4 is 23.4 Å². The van der Waals surface area contributed by atoms with E-state index in [2.05, 4.69) is 5.32 Å². The molecule has 7 N–H and O–H groups in total. The number of Topliss-reactive ketones (excluding diaryl/α,β-unsaturated/α-hetero) is 2. The van der Waals surface area contributed by atoms with Crippen LogP contribution in [0.2, 0.25) is 0 Å². The number of primary amides is 1. The van der Waals surface area contributed by atoms with Crippen molar-refractivity contribution in [3.8, 4) is 16.9 Å². The van der Waals surface area contributed by atoms with Gasteiger partial charge in [0.15, 0.2) is 11.4 Å². The van der Waals surface area contributed by atoms with Gasteiger partial charge < -0.3 is 36.4 Å². The Balaban J connectivity index is 1.56. The van der Waals surface area contributed by atoms with E-state index in [1.54, 1.807) is 44.4 Å². The van der Waals surface area contributed by atoms with Crippen molar-refractivity contribution in [1.29, 1.82) is 0 Å². The van der Waals surface area contributed by atoms with Crippen LogP contribution in [0.4, 0.5) is 0 Å². The molecule has 44 heavy (non-hydrogen) atoms. The van der Waals surface area contributed by atoms with Gasteiger partial charge in [0.05, 0.1) is 11.6 Å². The van der Waals surface area contributed by atoms with Gasteiger partial charge in [0, 0.05) is 30.1 Å². The molecule has 4 atom stereocenters. The summed E-state index contributed by atoms with van der Waals surface area (Å²) in [6, 6.07) is 8.78. The summed E-state index contributed by atoms with van der Waals surface area (Å²) < 4.78 is 0. The van der Waals surface area contributed by atoms with Crippen LogP contribution < -0.4 is 11.1 Å². The van der Waals surface area contributed by atoms with Gasteiger partial charge in [-0.25, -0.2) is 0 Å². The standard InChI is InChI=1S/C32H36N4O8/c1-35(2)12-11-34-31(43)16-7-5-15(6-8-16)18-9-10-21(37)23-19(18)13-17-14-20-25(36(3)4)27(39)24(30(33)42)29(41)32(20,44)28(40)22(17)26(23)38/h5-10,17,20,25,37,39-40,44H,11-14H2,1-4H3,(H2,33,42)(H,34,43)/t17-,20+,25-,32+/m1/s1. The van der Waals surface area contributed by atoms with Crippen LogP contribution in [-0.2, 0) is 16.0 Å². The first-order valence-electron chi connectivity index (χ1n) is 14.2. The molecule has 232 valence electrons. The largest absolute Gasteiger partial charge is 0.510 e. The molecule has 0 aliphatic heterocycles. The van der Waals surface area contributed by atoms with E-state index < -0.39 is 58.0 Å². The minimum Gasteiger partial charge on any atom is -0.510 e. The number of phenolic OH excluding ortho intramolecular Hbond substituents is 1. The number of benzene rings is 2. The number of aromatic hydroxyl groups is 1. The maximum absolute atomic E-state index is 14.0. The summed E-state index contributed by atoms with van der Waals surface area (Å²) in [6.45, 7) is 1.17. The van der Waals surface area contributed by atoms with E-state index in [1.165, 1.54) is 11.0 Å². The number of amides is 2. The number of nitrogens with zero attached hydrogens (tertiary/aromatic N) is 2. The van der Waals surface area contributed by atoms with E-state index in [0.29, 0.717) is 35.3 Å². The van der Waals surface area contributed by atoms with Crippen molar-refractivity contribution in [2.75, 3.05) is 41.3 Å². The Hall–Kier alpha value is -4.52. The van der Waals surface area contributed by atoms with Crippen LogP contribution in [0, 0.1) is 11.8 Å². The predicted molar refractivity (Wildman–Crippen MR) is 160 cm³/mol. The molecule has 0 unspecified atom stereocenters. The van der Waals surface area contributed by atoms with E-state index >= 15 is 0 Å². The maximum Gasteiger partial charge on any atom is 0.255 e. The number of likely N-dealkylation sites (N-methyl/N-ethyl adjacent to an activating group) is 2.